The number of benzene rings is 1. The third-order valence-corrected chi connectivity index (χ3v) is 3.22. The summed E-state index contributed by atoms with van der Waals surface area (Å²) in [5.41, 5.74) is 0.218. The van der Waals surface area contributed by atoms with E-state index in [1.807, 2.05) is 0 Å². The molecule has 0 aliphatic heterocycles. The molecule has 9 heteroatoms. The Hall–Kier alpha value is -2.55. The molecule has 0 radical (unpaired) electrons. The van der Waals surface area contributed by atoms with Gasteiger partial charge in [-0.15, -0.1) is 0 Å². The van der Waals surface area contributed by atoms with E-state index in [1.165, 1.54) is 24.3 Å². The molecule has 0 aliphatic rings. The molecule has 1 aromatic carbocycles. The fourth-order valence-electron chi connectivity index (χ4n) is 1.57. The number of ether oxygens (including phenoxy) is 1. The molecular formula is C12H8BrN3O5. The molecule has 2 rings (SSSR count). The van der Waals surface area contributed by atoms with Gasteiger partial charge in [0.25, 0.3) is 11.4 Å². The first-order valence-corrected chi connectivity index (χ1v) is 6.40. The Kier molecular flexibility index (Phi) is 4.13. The Morgan fingerprint density at radius 3 is 2.43 bits per heavy atom. The van der Waals surface area contributed by atoms with Gasteiger partial charge < -0.3 is 4.74 Å². The summed E-state index contributed by atoms with van der Waals surface area (Å²) >= 11 is 3.16. The van der Waals surface area contributed by atoms with Gasteiger partial charge in [0.2, 0.25) is 5.88 Å². The van der Waals surface area contributed by atoms with Crippen molar-refractivity contribution in [3.63, 3.8) is 0 Å². The van der Waals surface area contributed by atoms with Gasteiger partial charge in [-0.05, 0) is 28.9 Å². The molecule has 0 atom stereocenters. The van der Waals surface area contributed by atoms with Crippen LogP contribution in [-0.4, -0.2) is 14.8 Å². The molecular weight excluding hydrogens is 346 g/mol. The lowest BCUT2D eigenvalue weighted by molar-refractivity contribution is -0.385. The summed E-state index contributed by atoms with van der Waals surface area (Å²) < 4.78 is 5.84. The Balaban J connectivity index is 2.28. The number of halogens is 1. The Labute approximate surface area is 126 Å². The first-order valence-electron chi connectivity index (χ1n) is 5.61. The molecule has 0 amide bonds. The zero-order chi connectivity index (χ0) is 15.6. The number of nitro groups is 2. The highest BCUT2D eigenvalue weighted by Gasteiger charge is 2.14. The molecule has 0 saturated carbocycles. The molecule has 0 aliphatic carbocycles. The van der Waals surface area contributed by atoms with E-state index in [-0.39, 0.29) is 17.3 Å². The van der Waals surface area contributed by atoms with Crippen molar-refractivity contribution < 1.29 is 14.6 Å². The first-order chi connectivity index (χ1) is 9.88. The Morgan fingerprint density at radius 1 is 1.19 bits per heavy atom. The van der Waals surface area contributed by atoms with Crippen molar-refractivity contribution in [1.82, 2.24) is 4.98 Å². The highest BCUT2D eigenvalue weighted by molar-refractivity contribution is 9.10. The normalized spacial score (nSPS) is 10.2. The van der Waals surface area contributed by atoms with Crippen molar-refractivity contribution in [3.05, 3.63) is 60.7 Å². The van der Waals surface area contributed by atoms with Crippen molar-refractivity contribution >= 4 is 27.3 Å². The minimum atomic E-state index is -0.534. The molecule has 0 saturated heterocycles. The van der Waals surface area contributed by atoms with Gasteiger partial charge in [-0.25, -0.2) is 4.98 Å². The maximum Gasteiger partial charge on any atom is 0.290 e. The predicted octanol–water partition coefficient (Wildman–Crippen LogP) is 3.76. The van der Waals surface area contributed by atoms with Crippen LogP contribution in [0.3, 0.4) is 0 Å². The van der Waals surface area contributed by atoms with Crippen LogP contribution in [-0.2, 0) is 0 Å². The zero-order valence-electron chi connectivity index (χ0n) is 10.6. The molecule has 108 valence electrons. The SMILES string of the molecule is Cc1cc(Oc2ccc([N+](=O)[O-])cc2Br)ncc1[N+](=O)[O-]. The number of nitro benzene ring substituents is 1. The van der Waals surface area contributed by atoms with Crippen molar-refractivity contribution in [2.24, 2.45) is 0 Å². The Morgan fingerprint density at radius 2 is 1.90 bits per heavy atom. The molecule has 0 fully saturated rings. The zero-order valence-corrected chi connectivity index (χ0v) is 12.2. The highest BCUT2D eigenvalue weighted by Crippen LogP contribution is 2.32. The third-order valence-electron chi connectivity index (χ3n) is 2.60. The molecule has 0 unspecified atom stereocenters. The topological polar surface area (TPSA) is 108 Å². The van der Waals surface area contributed by atoms with E-state index in [9.17, 15) is 20.2 Å². The molecule has 1 heterocycles. The number of aryl methyl sites for hydroxylation is 1. The monoisotopic (exact) mass is 353 g/mol. The van der Waals surface area contributed by atoms with E-state index >= 15 is 0 Å². The Bertz CT molecular complexity index is 735. The number of hydrogen-bond donors (Lipinski definition) is 0. The lowest BCUT2D eigenvalue weighted by Gasteiger charge is -2.07. The molecule has 0 bridgehead atoms. The van der Waals surface area contributed by atoms with Crippen LogP contribution < -0.4 is 4.74 Å². The van der Waals surface area contributed by atoms with Crippen molar-refractivity contribution in [3.8, 4) is 11.6 Å². The van der Waals surface area contributed by atoms with E-state index in [0.29, 0.717) is 15.8 Å². The van der Waals surface area contributed by atoms with Crippen LogP contribution in [0.1, 0.15) is 5.56 Å². The number of nitrogens with zero attached hydrogens (tertiary/aromatic N) is 3. The molecule has 2 aromatic rings. The number of rotatable bonds is 4. The van der Waals surface area contributed by atoms with Gasteiger partial charge >= 0.3 is 0 Å². The average Bonchev–Trinajstić information content (AvgIpc) is 2.40. The van der Waals surface area contributed by atoms with Gasteiger partial charge in [-0.3, -0.25) is 20.2 Å². The molecule has 8 nitrogen and oxygen atoms in total. The van der Waals surface area contributed by atoms with E-state index < -0.39 is 9.85 Å². The largest absolute Gasteiger partial charge is 0.438 e. The minimum Gasteiger partial charge on any atom is -0.438 e. The van der Waals surface area contributed by atoms with Crippen molar-refractivity contribution in [2.75, 3.05) is 0 Å². The summed E-state index contributed by atoms with van der Waals surface area (Å²) in [5.74, 6) is 0.481. The van der Waals surface area contributed by atoms with Gasteiger partial charge in [0.1, 0.15) is 11.9 Å². The van der Waals surface area contributed by atoms with Gasteiger partial charge in [0.15, 0.2) is 0 Å². The standard InChI is InChI=1S/C12H8BrN3O5/c1-7-4-12(14-6-10(7)16(19)20)21-11-3-2-8(15(17)18)5-9(11)13/h2-6H,1H3. The van der Waals surface area contributed by atoms with Gasteiger partial charge in [-0.2, -0.15) is 0 Å². The molecule has 1 aromatic heterocycles. The van der Waals surface area contributed by atoms with Crippen molar-refractivity contribution in [2.45, 2.75) is 6.92 Å². The summed E-state index contributed by atoms with van der Waals surface area (Å²) in [6.45, 7) is 1.57. The smallest absolute Gasteiger partial charge is 0.290 e. The quantitative estimate of drug-likeness (QED) is 0.611. The predicted molar refractivity (Wildman–Crippen MR) is 76.5 cm³/mol. The average molecular weight is 354 g/mol. The fraction of sp³-hybridized carbons (Fsp3) is 0.0833. The van der Waals surface area contributed by atoms with Crippen LogP contribution >= 0.6 is 15.9 Å². The van der Waals surface area contributed by atoms with Gasteiger partial charge in [-0.1, -0.05) is 0 Å². The molecule has 0 N–H and O–H groups in total. The van der Waals surface area contributed by atoms with E-state index in [1.54, 1.807) is 6.92 Å². The third kappa shape index (κ3) is 3.31. The van der Waals surface area contributed by atoms with Crippen LogP contribution in [0, 0.1) is 27.2 Å². The van der Waals surface area contributed by atoms with E-state index in [0.717, 1.165) is 6.20 Å². The summed E-state index contributed by atoms with van der Waals surface area (Å²) in [6, 6.07) is 5.43. The summed E-state index contributed by atoms with van der Waals surface area (Å²) in [4.78, 5) is 24.1. The van der Waals surface area contributed by atoms with Crippen LogP contribution in [0.15, 0.2) is 34.9 Å². The molecule has 0 spiro atoms. The van der Waals surface area contributed by atoms with E-state index in [2.05, 4.69) is 20.9 Å². The molecule has 21 heavy (non-hydrogen) atoms. The first kappa shape index (κ1) is 14.9. The number of non-ortho nitro benzene ring substituents is 1. The maximum atomic E-state index is 10.7. The van der Waals surface area contributed by atoms with Crippen LogP contribution in [0.4, 0.5) is 11.4 Å². The highest BCUT2D eigenvalue weighted by atomic mass is 79.9. The summed E-state index contributed by atoms with van der Waals surface area (Å²) in [7, 11) is 0. The van der Waals surface area contributed by atoms with E-state index in [4.69, 9.17) is 4.74 Å². The number of pyridine rings is 1. The van der Waals surface area contributed by atoms with Crippen molar-refractivity contribution in [1.29, 1.82) is 0 Å². The lowest BCUT2D eigenvalue weighted by atomic mass is 10.2. The van der Waals surface area contributed by atoms with Gasteiger partial charge in [0, 0.05) is 23.8 Å². The second kappa shape index (κ2) is 5.83. The second-order valence-electron chi connectivity index (χ2n) is 4.04. The van der Waals surface area contributed by atoms with Crippen LogP contribution in [0.2, 0.25) is 0 Å². The fourth-order valence-corrected chi connectivity index (χ4v) is 2.02. The summed E-state index contributed by atoms with van der Waals surface area (Å²) in [5, 5.41) is 21.3. The van der Waals surface area contributed by atoms with Crippen LogP contribution in [0.5, 0.6) is 11.6 Å². The number of hydrogen-bond acceptors (Lipinski definition) is 6. The second-order valence-corrected chi connectivity index (χ2v) is 4.89. The minimum absolute atomic E-state index is 0.0814. The number of aromatic nitrogens is 1. The lowest BCUT2D eigenvalue weighted by Crippen LogP contribution is -1.96. The maximum absolute atomic E-state index is 10.7. The van der Waals surface area contributed by atoms with Gasteiger partial charge in [0.05, 0.1) is 14.3 Å². The van der Waals surface area contributed by atoms with Crippen LogP contribution in [0.25, 0.3) is 0 Å². The summed E-state index contributed by atoms with van der Waals surface area (Å²) in [6.07, 6.45) is 1.10.